The summed E-state index contributed by atoms with van der Waals surface area (Å²) >= 11 is 0. The van der Waals surface area contributed by atoms with Crippen LogP contribution in [0.15, 0.2) is 18.2 Å². The largest absolute Gasteiger partial charge is 0.350 e. The van der Waals surface area contributed by atoms with Gasteiger partial charge in [-0.3, -0.25) is 14.5 Å². The molecule has 0 saturated carbocycles. The highest BCUT2D eigenvalue weighted by Gasteiger charge is 2.29. The Morgan fingerprint density at radius 2 is 1.84 bits per heavy atom. The van der Waals surface area contributed by atoms with E-state index >= 15 is 0 Å². The number of anilines is 1. The second kappa shape index (κ2) is 7.16. The molecule has 25 heavy (non-hydrogen) atoms. The zero-order valence-electron chi connectivity index (χ0n) is 15.6. The predicted molar refractivity (Wildman–Crippen MR) is 100 cm³/mol. The summed E-state index contributed by atoms with van der Waals surface area (Å²) in [4.78, 5) is 28.5. The minimum absolute atomic E-state index is 0.0295. The molecule has 0 atom stereocenters. The monoisotopic (exact) mass is 343 g/mol. The Kier molecular flexibility index (Phi) is 5.13. The lowest BCUT2D eigenvalue weighted by atomic mass is 9.98. The molecule has 136 valence electrons. The van der Waals surface area contributed by atoms with Crippen molar-refractivity contribution in [1.82, 2.24) is 10.2 Å². The SMILES string of the molecule is CC(=O)N1CCc2cc(C(=O)NCC(C)(C)N3CCCCC3)ccc21. The lowest BCUT2D eigenvalue weighted by molar-refractivity contribution is -0.116. The fourth-order valence-corrected chi connectivity index (χ4v) is 3.88. The standard InChI is InChI=1S/C20H29N3O2/c1-15(24)23-12-9-16-13-17(7-8-18(16)23)19(25)21-14-20(2,3)22-10-5-4-6-11-22/h7-8,13H,4-6,9-12,14H2,1-3H3,(H,21,25). The van der Waals surface area contributed by atoms with E-state index in [-0.39, 0.29) is 17.4 Å². The maximum absolute atomic E-state index is 12.6. The molecule has 0 aliphatic carbocycles. The Labute approximate surface area is 150 Å². The molecular weight excluding hydrogens is 314 g/mol. The van der Waals surface area contributed by atoms with Gasteiger partial charge in [0.25, 0.3) is 5.91 Å². The van der Waals surface area contributed by atoms with E-state index in [4.69, 9.17) is 0 Å². The second-order valence-electron chi connectivity index (χ2n) is 7.81. The number of nitrogens with zero attached hydrogens (tertiary/aromatic N) is 2. The van der Waals surface area contributed by atoms with Crippen molar-refractivity contribution in [2.75, 3.05) is 31.1 Å². The van der Waals surface area contributed by atoms with Gasteiger partial charge in [0.2, 0.25) is 5.91 Å². The summed E-state index contributed by atoms with van der Waals surface area (Å²) < 4.78 is 0. The van der Waals surface area contributed by atoms with Crippen LogP contribution in [-0.4, -0.2) is 48.4 Å². The minimum Gasteiger partial charge on any atom is -0.350 e. The first-order chi connectivity index (χ1) is 11.9. The van der Waals surface area contributed by atoms with Crippen LogP contribution in [0.4, 0.5) is 5.69 Å². The van der Waals surface area contributed by atoms with Crippen LogP contribution in [0.5, 0.6) is 0 Å². The van der Waals surface area contributed by atoms with Crippen molar-refractivity contribution in [2.24, 2.45) is 0 Å². The fraction of sp³-hybridized carbons (Fsp3) is 0.600. The van der Waals surface area contributed by atoms with E-state index in [1.165, 1.54) is 19.3 Å². The topological polar surface area (TPSA) is 52.7 Å². The summed E-state index contributed by atoms with van der Waals surface area (Å²) in [5, 5.41) is 3.10. The minimum atomic E-state index is -0.0332. The highest BCUT2D eigenvalue weighted by atomic mass is 16.2. The van der Waals surface area contributed by atoms with E-state index in [1.807, 2.05) is 18.2 Å². The van der Waals surface area contributed by atoms with Crippen LogP contribution in [0.1, 0.15) is 56.0 Å². The number of nitrogens with one attached hydrogen (secondary N) is 1. The number of amides is 2. The van der Waals surface area contributed by atoms with Crippen LogP contribution >= 0.6 is 0 Å². The Morgan fingerprint density at radius 3 is 2.52 bits per heavy atom. The molecule has 1 aromatic carbocycles. The molecule has 1 saturated heterocycles. The third-order valence-corrected chi connectivity index (χ3v) is 5.51. The summed E-state index contributed by atoms with van der Waals surface area (Å²) in [5.74, 6) is 0.0217. The number of hydrogen-bond acceptors (Lipinski definition) is 3. The Balaban J connectivity index is 1.63. The molecule has 1 aromatic rings. The van der Waals surface area contributed by atoms with Crippen LogP contribution in [0, 0.1) is 0 Å². The van der Waals surface area contributed by atoms with Gasteiger partial charge in [-0.25, -0.2) is 0 Å². The molecule has 3 rings (SSSR count). The van der Waals surface area contributed by atoms with Crippen LogP contribution in [0.3, 0.4) is 0 Å². The van der Waals surface area contributed by atoms with E-state index in [9.17, 15) is 9.59 Å². The molecular formula is C20H29N3O2. The van der Waals surface area contributed by atoms with E-state index < -0.39 is 0 Å². The van der Waals surface area contributed by atoms with Crippen LogP contribution in [-0.2, 0) is 11.2 Å². The third kappa shape index (κ3) is 3.87. The Bertz CT molecular complexity index is 663. The molecule has 0 spiro atoms. The summed E-state index contributed by atoms with van der Waals surface area (Å²) in [7, 11) is 0. The van der Waals surface area contributed by atoms with Gasteiger partial charge in [-0.05, 0) is 70.0 Å². The first kappa shape index (κ1) is 17.9. The summed E-state index contributed by atoms with van der Waals surface area (Å²) in [6, 6.07) is 5.65. The Morgan fingerprint density at radius 1 is 1.12 bits per heavy atom. The average Bonchev–Trinajstić information content (AvgIpc) is 3.04. The third-order valence-electron chi connectivity index (χ3n) is 5.51. The van der Waals surface area contributed by atoms with E-state index in [2.05, 4.69) is 24.1 Å². The van der Waals surface area contributed by atoms with Gasteiger partial charge in [-0.1, -0.05) is 6.42 Å². The van der Waals surface area contributed by atoms with Crippen LogP contribution in [0.25, 0.3) is 0 Å². The summed E-state index contributed by atoms with van der Waals surface area (Å²) in [6.45, 7) is 9.56. The highest BCUT2D eigenvalue weighted by molar-refractivity contribution is 5.97. The summed E-state index contributed by atoms with van der Waals surface area (Å²) in [5.41, 5.74) is 2.67. The zero-order chi connectivity index (χ0) is 18.0. The summed E-state index contributed by atoms with van der Waals surface area (Å²) in [6.07, 6.45) is 4.62. The number of piperidine rings is 1. The van der Waals surface area contributed by atoms with Gasteiger partial charge in [-0.2, -0.15) is 0 Å². The number of rotatable bonds is 4. The van der Waals surface area contributed by atoms with E-state index in [0.29, 0.717) is 18.7 Å². The molecule has 0 aromatic heterocycles. The van der Waals surface area contributed by atoms with E-state index in [1.54, 1.807) is 11.8 Å². The van der Waals surface area contributed by atoms with Crippen molar-refractivity contribution in [3.63, 3.8) is 0 Å². The number of benzene rings is 1. The van der Waals surface area contributed by atoms with Gasteiger partial charge in [-0.15, -0.1) is 0 Å². The van der Waals surface area contributed by atoms with Crippen molar-refractivity contribution >= 4 is 17.5 Å². The van der Waals surface area contributed by atoms with E-state index in [0.717, 1.165) is 30.8 Å². The van der Waals surface area contributed by atoms with Gasteiger partial charge in [0.15, 0.2) is 0 Å². The van der Waals surface area contributed by atoms with Gasteiger partial charge < -0.3 is 10.2 Å². The first-order valence-electron chi connectivity index (χ1n) is 9.33. The molecule has 2 heterocycles. The van der Waals surface area contributed by atoms with Gasteiger partial charge >= 0.3 is 0 Å². The molecule has 5 heteroatoms. The number of hydrogen-bond donors (Lipinski definition) is 1. The molecule has 2 amide bonds. The lowest BCUT2D eigenvalue weighted by Crippen LogP contribution is -2.53. The number of carbonyl (C=O) groups is 2. The van der Waals surface area contributed by atoms with Gasteiger partial charge in [0.1, 0.15) is 0 Å². The molecule has 1 fully saturated rings. The van der Waals surface area contributed by atoms with Crippen molar-refractivity contribution in [1.29, 1.82) is 0 Å². The highest BCUT2D eigenvalue weighted by Crippen LogP contribution is 2.29. The predicted octanol–water partition coefficient (Wildman–Crippen LogP) is 2.59. The zero-order valence-corrected chi connectivity index (χ0v) is 15.6. The Hall–Kier alpha value is -1.88. The fourth-order valence-electron chi connectivity index (χ4n) is 3.88. The van der Waals surface area contributed by atoms with Crippen molar-refractivity contribution in [3.8, 4) is 0 Å². The molecule has 0 radical (unpaired) electrons. The average molecular weight is 343 g/mol. The smallest absolute Gasteiger partial charge is 0.251 e. The number of carbonyl (C=O) groups excluding carboxylic acids is 2. The normalized spacial score (nSPS) is 18.1. The molecule has 2 aliphatic heterocycles. The van der Waals surface area contributed by atoms with Gasteiger partial charge in [0, 0.05) is 36.8 Å². The van der Waals surface area contributed by atoms with Crippen LogP contribution in [0.2, 0.25) is 0 Å². The van der Waals surface area contributed by atoms with Gasteiger partial charge in [0.05, 0.1) is 0 Å². The van der Waals surface area contributed by atoms with Crippen molar-refractivity contribution in [3.05, 3.63) is 29.3 Å². The molecule has 1 N–H and O–H groups in total. The first-order valence-corrected chi connectivity index (χ1v) is 9.33. The maximum Gasteiger partial charge on any atom is 0.251 e. The maximum atomic E-state index is 12.6. The molecule has 2 aliphatic rings. The number of likely N-dealkylation sites (tertiary alicyclic amines) is 1. The quantitative estimate of drug-likeness (QED) is 0.914. The molecule has 0 bridgehead atoms. The number of fused-ring (bicyclic) bond motifs is 1. The van der Waals surface area contributed by atoms with Crippen molar-refractivity contribution < 1.29 is 9.59 Å². The molecule has 5 nitrogen and oxygen atoms in total. The molecule has 0 unspecified atom stereocenters. The second-order valence-corrected chi connectivity index (χ2v) is 7.81. The lowest BCUT2D eigenvalue weighted by Gasteiger charge is -2.41. The van der Waals surface area contributed by atoms with Crippen molar-refractivity contribution in [2.45, 2.75) is 52.0 Å². The van der Waals surface area contributed by atoms with Crippen LogP contribution < -0.4 is 10.2 Å².